The number of halogens is 1. The molecule has 2 rings (SSSR count). The molecule has 1 aromatic carbocycles. The normalized spacial score (nSPS) is 10.1. The molecule has 0 bridgehead atoms. The number of anilines is 3. The van der Waals surface area contributed by atoms with Crippen LogP contribution < -0.4 is 16.4 Å². The van der Waals surface area contributed by atoms with Gasteiger partial charge in [0.15, 0.2) is 0 Å². The molecule has 0 spiro atoms. The lowest BCUT2D eigenvalue weighted by molar-refractivity contribution is -0.384. The number of primary amides is 1. The standard InChI is InChI=1S/C13H13ClN6O3/c14-8-1-3-9(4-2-8)18-13-17-7-10(20(22)23)12(19-13)16-6-5-11(15)21/h1-4,7H,5-6H2,(H2,15,21)(H2,16,17,18,19). The fourth-order valence-corrected chi connectivity index (χ4v) is 1.79. The molecule has 9 nitrogen and oxygen atoms in total. The maximum absolute atomic E-state index is 11.0. The summed E-state index contributed by atoms with van der Waals surface area (Å²) < 4.78 is 0. The molecule has 0 atom stereocenters. The van der Waals surface area contributed by atoms with Crippen LogP contribution in [-0.2, 0) is 4.79 Å². The summed E-state index contributed by atoms with van der Waals surface area (Å²) in [5.41, 5.74) is 5.41. The van der Waals surface area contributed by atoms with Crippen molar-refractivity contribution in [3.8, 4) is 0 Å². The molecule has 0 saturated heterocycles. The Labute approximate surface area is 136 Å². The summed E-state index contributed by atoms with van der Waals surface area (Å²) >= 11 is 5.80. The van der Waals surface area contributed by atoms with Crippen molar-refractivity contribution >= 4 is 40.6 Å². The van der Waals surface area contributed by atoms with Gasteiger partial charge in [-0.3, -0.25) is 14.9 Å². The molecule has 0 fully saturated rings. The summed E-state index contributed by atoms with van der Waals surface area (Å²) in [7, 11) is 0. The number of hydrogen-bond acceptors (Lipinski definition) is 7. The van der Waals surface area contributed by atoms with Crippen LogP contribution >= 0.6 is 11.6 Å². The van der Waals surface area contributed by atoms with Crippen LogP contribution in [0.3, 0.4) is 0 Å². The molecule has 0 unspecified atom stereocenters. The number of benzene rings is 1. The topological polar surface area (TPSA) is 136 Å². The minimum absolute atomic E-state index is 0.00251. The smallest absolute Gasteiger partial charge is 0.329 e. The Hall–Kier alpha value is -2.94. The van der Waals surface area contributed by atoms with Gasteiger partial charge in [0.05, 0.1) is 4.92 Å². The molecule has 2 aromatic rings. The Morgan fingerprint density at radius 2 is 2.04 bits per heavy atom. The van der Waals surface area contributed by atoms with Gasteiger partial charge in [0.1, 0.15) is 6.20 Å². The van der Waals surface area contributed by atoms with Gasteiger partial charge < -0.3 is 16.4 Å². The number of nitrogens with one attached hydrogen (secondary N) is 2. The highest BCUT2D eigenvalue weighted by molar-refractivity contribution is 6.30. The van der Waals surface area contributed by atoms with Crippen LogP contribution in [0.2, 0.25) is 5.02 Å². The summed E-state index contributed by atoms with van der Waals surface area (Å²) in [4.78, 5) is 29.1. The van der Waals surface area contributed by atoms with Crippen molar-refractivity contribution in [3.05, 3.63) is 45.6 Å². The van der Waals surface area contributed by atoms with E-state index in [0.717, 1.165) is 6.20 Å². The van der Waals surface area contributed by atoms with Crippen molar-refractivity contribution in [2.45, 2.75) is 6.42 Å². The quantitative estimate of drug-likeness (QED) is 0.520. The van der Waals surface area contributed by atoms with Gasteiger partial charge in [-0.15, -0.1) is 0 Å². The predicted octanol–water partition coefficient (Wildman–Crippen LogP) is 2.07. The molecule has 1 amide bonds. The van der Waals surface area contributed by atoms with Gasteiger partial charge in [0.25, 0.3) is 0 Å². The van der Waals surface area contributed by atoms with E-state index >= 15 is 0 Å². The number of nitrogens with zero attached hydrogens (tertiary/aromatic N) is 3. The monoisotopic (exact) mass is 336 g/mol. The molecule has 10 heteroatoms. The second-order valence-corrected chi connectivity index (χ2v) is 4.90. The highest BCUT2D eigenvalue weighted by atomic mass is 35.5. The molecule has 0 saturated carbocycles. The van der Waals surface area contributed by atoms with Crippen molar-refractivity contribution in [3.63, 3.8) is 0 Å². The van der Waals surface area contributed by atoms with Crippen molar-refractivity contribution in [2.24, 2.45) is 5.73 Å². The van der Waals surface area contributed by atoms with Crippen molar-refractivity contribution in [1.29, 1.82) is 0 Å². The number of nitro groups is 1. The predicted molar refractivity (Wildman–Crippen MR) is 85.7 cm³/mol. The molecule has 0 aliphatic carbocycles. The van der Waals surface area contributed by atoms with E-state index in [2.05, 4.69) is 20.6 Å². The van der Waals surface area contributed by atoms with Gasteiger partial charge in [0.2, 0.25) is 17.7 Å². The summed E-state index contributed by atoms with van der Waals surface area (Å²) in [5, 5.41) is 17.2. The molecular formula is C13H13ClN6O3. The van der Waals surface area contributed by atoms with Gasteiger partial charge in [0, 0.05) is 23.7 Å². The Balaban J connectivity index is 2.19. The molecule has 1 heterocycles. The Morgan fingerprint density at radius 1 is 1.35 bits per heavy atom. The average Bonchev–Trinajstić information content (AvgIpc) is 2.49. The number of hydrogen-bond donors (Lipinski definition) is 3. The van der Waals surface area contributed by atoms with Crippen molar-refractivity contribution in [1.82, 2.24) is 9.97 Å². The zero-order chi connectivity index (χ0) is 16.8. The van der Waals surface area contributed by atoms with E-state index in [1.54, 1.807) is 24.3 Å². The molecule has 1 aromatic heterocycles. The first-order valence-corrected chi connectivity index (χ1v) is 6.89. The largest absolute Gasteiger partial charge is 0.370 e. The Morgan fingerprint density at radius 3 is 2.65 bits per heavy atom. The van der Waals surface area contributed by atoms with E-state index in [9.17, 15) is 14.9 Å². The molecule has 23 heavy (non-hydrogen) atoms. The maximum atomic E-state index is 11.0. The third-order valence-corrected chi connectivity index (χ3v) is 2.98. The van der Waals surface area contributed by atoms with Crippen LogP contribution in [0.5, 0.6) is 0 Å². The summed E-state index contributed by atoms with van der Waals surface area (Å²) in [6.45, 7) is 0.133. The van der Waals surface area contributed by atoms with Gasteiger partial charge in [-0.25, -0.2) is 4.98 Å². The SMILES string of the molecule is NC(=O)CCNc1nc(Nc2ccc(Cl)cc2)ncc1[N+](=O)[O-]. The number of carbonyl (C=O) groups is 1. The lowest BCUT2D eigenvalue weighted by Crippen LogP contribution is -2.17. The van der Waals surface area contributed by atoms with Gasteiger partial charge in [-0.1, -0.05) is 11.6 Å². The number of carbonyl (C=O) groups excluding carboxylic acids is 1. The molecule has 0 aliphatic rings. The maximum Gasteiger partial charge on any atom is 0.329 e. The van der Waals surface area contributed by atoms with Gasteiger partial charge in [-0.2, -0.15) is 4.98 Å². The van der Waals surface area contributed by atoms with E-state index in [0.29, 0.717) is 10.7 Å². The van der Waals surface area contributed by atoms with E-state index in [1.165, 1.54) is 0 Å². The zero-order valence-corrected chi connectivity index (χ0v) is 12.6. The van der Waals surface area contributed by atoms with Crippen LogP contribution in [0.4, 0.5) is 23.1 Å². The third-order valence-electron chi connectivity index (χ3n) is 2.73. The first-order valence-electron chi connectivity index (χ1n) is 6.52. The Kier molecular flexibility index (Phi) is 5.26. The second-order valence-electron chi connectivity index (χ2n) is 4.46. The van der Waals surface area contributed by atoms with Gasteiger partial charge >= 0.3 is 5.69 Å². The summed E-state index contributed by atoms with van der Waals surface area (Å²) in [6.07, 6.45) is 1.11. The van der Waals surface area contributed by atoms with E-state index < -0.39 is 10.8 Å². The fourth-order valence-electron chi connectivity index (χ4n) is 1.67. The number of amides is 1. The molecule has 120 valence electrons. The number of rotatable bonds is 7. The fraction of sp³-hybridized carbons (Fsp3) is 0.154. The van der Waals surface area contributed by atoms with Crippen LogP contribution in [0.15, 0.2) is 30.5 Å². The molecule has 0 radical (unpaired) electrons. The minimum atomic E-state index is -0.612. The second kappa shape index (κ2) is 7.36. The highest BCUT2D eigenvalue weighted by Gasteiger charge is 2.17. The zero-order valence-electron chi connectivity index (χ0n) is 11.8. The number of aromatic nitrogens is 2. The van der Waals surface area contributed by atoms with Crippen molar-refractivity contribution in [2.75, 3.05) is 17.2 Å². The lowest BCUT2D eigenvalue weighted by atomic mass is 10.3. The summed E-state index contributed by atoms with van der Waals surface area (Å²) in [5.74, 6) is -0.351. The van der Waals surface area contributed by atoms with E-state index in [-0.39, 0.29) is 30.4 Å². The lowest BCUT2D eigenvalue weighted by Gasteiger charge is -2.08. The molecule has 0 aliphatic heterocycles. The first kappa shape index (κ1) is 16.4. The van der Waals surface area contributed by atoms with Crippen LogP contribution in [0, 0.1) is 10.1 Å². The average molecular weight is 337 g/mol. The van der Waals surface area contributed by atoms with E-state index in [4.69, 9.17) is 17.3 Å². The third kappa shape index (κ3) is 4.78. The van der Waals surface area contributed by atoms with Crippen LogP contribution in [0.1, 0.15) is 6.42 Å². The Bertz CT molecular complexity index is 722. The summed E-state index contributed by atoms with van der Waals surface area (Å²) in [6, 6.07) is 6.79. The highest BCUT2D eigenvalue weighted by Crippen LogP contribution is 2.24. The first-order chi connectivity index (χ1) is 11.0. The van der Waals surface area contributed by atoms with E-state index in [1.807, 2.05) is 0 Å². The minimum Gasteiger partial charge on any atom is -0.370 e. The van der Waals surface area contributed by atoms with Crippen molar-refractivity contribution < 1.29 is 9.72 Å². The van der Waals surface area contributed by atoms with Crippen LogP contribution in [-0.4, -0.2) is 27.3 Å². The molecule has 4 N–H and O–H groups in total. The van der Waals surface area contributed by atoms with Crippen LogP contribution in [0.25, 0.3) is 0 Å². The van der Waals surface area contributed by atoms with Gasteiger partial charge in [-0.05, 0) is 24.3 Å². The molecular weight excluding hydrogens is 324 g/mol. The number of nitrogens with two attached hydrogens (primary N) is 1.